The van der Waals surface area contributed by atoms with Gasteiger partial charge in [-0.15, -0.1) is 0 Å². The molecule has 6 nitrogen and oxygen atoms in total. The number of hydrogen-bond acceptors (Lipinski definition) is 6. The minimum Gasteiger partial charge on any atom is -0.464 e. The number of nitriles is 1. The minimum absolute atomic E-state index is 0.00501. The second kappa shape index (κ2) is 5.61. The molecule has 88 valence electrons. The van der Waals surface area contributed by atoms with Crippen molar-refractivity contribution in [2.45, 2.75) is 6.42 Å². The van der Waals surface area contributed by atoms with E-state index in [2.05, 4.69) is 14.5 Å². The Labute approximate surface area is 97.8 Å². The predicted molar refractivity (Wildman–Crippen MR) is 56.2 cm³/mol. The van der Waals surface area contributed by atoms with E-state index in [1.165, 1.54) is 26.4 Å². The van der Waals surface area contributed by atoms with Crippen molar-refractivity contribution in [3.63, 3.8) is 0 Å². The van der Waals surface area contributed by atoms with Crippen LogP contribution in [0, 0.1) is 11.3 Å². The molecule has 6 heteroatoms. The first-order valence-corrected chi connectivity index (χ1v) is 4.67. The Hall–Kier alpha value is -2.42. The lowest BCUT2D eigenvalue weighted by molar-refractivity contribution is 0.0585. The first kappa shape index (κ1) is 12.6. The molecular weight excluding hydrogens is 224 g/mol. The SMILES string of the molecule is COC(=O)c1ccc(CC#N)c(C(=O)OC)n1. The summed E-state index contributed by atoms with van der Waals surface area (Å²) in [7, 11) is 2.41. The number of methoxy groups -OCH3 is 2. The van der Waals surface area contributed by atoms with Gasteiger partial charge < -0.3 is 9.47 Å². The Bertz CT molecular complexity index is 491. The third-order valence-electron chi connectivity index (χ3n) is 2.02. The summed E-state index contributed by atoms with van der Waals surface area (Å²) in [4.78, 5) is 26.5. The fourth-order valence-electron chi connectivity index (χ4n) is 1.21. The van der Waals surface area contributed by atoms with Gasteiger partial charge in [-0.25, -0.2) is 14.6 Å². The molecule has 0 bridgehead atoms. The molecule has 0 unspecified atom stereocenters. The lowest BCUT2D eigenvalue weighted by atomic mass is 10.1. The van der Waals surface area contributed by atoms with Gasteiger partial charge in [0.25, 0.3) is 0 Å². The van der Waals surface area contributed by atoms with Crippen LogP contribution in [0.15, 0.2) is 12.1 Å². The van der Waals surface area contributed by atoms with Crippen LogP contribution in [0.5, 0.6) is 0 Å². The second-order valence-corrected chi connectivity index (χ2v) is 3.02. The maximum atomic E-state index is 11.4. The highest BCUT2D eigenvalue weighted by Gasteiger charge is 2.17. The number of rotatable bonds is 3. The van der Waals surface area contributed by atoms with Crippen LogP contribution in [0.1, 0.15) is 26.5 Å². The van der Waals surface area contributed by atoms with Crippen molar-refractivity contribution >= 4 is 11.9 Å². The number of ether oxygens (including phenoxy) is 2. The number of aromatic nitrogens is 1. The van der Waals surface area contributed by atoms with Crippen LogP contribution in [0.2, 0.25) is 0 Å². The molecule has 0 spiro atoms. The quantitative estimate of drug-likeness (QED) is 0.716. The minimum atomic E-state index is -0.694. The van der Waals surface area contributed by atoms with E-state index >= 15 is 0 Å². The van der Waals surface area contributed by atoms with E-state index in [4.69, 9.17) is 5.26 Å². The van der Waals surface area contributed by atoms with Crippen molar-refractivity contribution in [3.8, 4) is 6.07 Å². The smallest absolute Gasteiger partial charge is 0.356 e. The molecule has 0 aliphatic heterocycles. The molecule has 1 heterocycles. The zero-order chi connectivity index (χ0) is 12.8. The molecule has 0 saturated carbocycles. The van der Waals surface area contributed by atoms with Gasteiger partial charge >= 0.3 is 11.9 Å². The fourth-order valence-corrected chi connectivity index (χ4v) is 1.21. The van der Waals surface area contributed by atoms with E-state index in [1.807, 2.05) is 6.07 Å². The number of esters is 2. The average Bonchev–Trinajstić information content (AvgIpc) is 2.37. The van der Waals surface area contributed by atoms with Gasteiger partial charge in [0.15, 0.2) is 5.69 Å². The van der Waals surface area contributed by atoms with Gasteiger partial charge in [0.1, 0.15) is 5.69 Å². The summed E-state index contributed by atoms with van der Waals surface area (Å²) in [6.45, 7) is 0. The number of pyridine rings is 1. The first-order valence-electron chi connectivity index (χ1n) is 4.67. The van der Waals surface area contributed by atoms with Crippen LogP contribution < -0.4 is 0 Å². The van der Waals surface area contributed by atoms with Crippen LogP contribution in [0.3, 0.4) is 0 Å². The summed E-state index contributed by atoms with van der Waals surface area (Å²) >= 11 is 0. The molecule has 17 heavy (non-hydrogen) atoms. The summed E-state index contributed by atoms with van der Waals surface area (Å²) < 4.78 is 9.01. The first-order chi connectivity index (χ1) is 8.13. The lowest BCUT2D eigenvalue weighted by Gasteiger charge is -2.05. The van der Waals surface area contributed by atoms with E-state index in [0.717, 1.165) is 0 Å². The van der Waals surface area contributed by atoms with Crippen molar-refractivity contribution in [2.75, 3.05) is 14.2 Å². The van der Waals surface area contributed by atoms with Gasteiger partial charge in [0.2, 0.25) is 0 Å². The largest absolute Gasteiger partial charge is 0.464 e. The standard InChI is InChI=1S/C11H10N2O4/c1-16-10(14)8-4-3-7(5-6-12)9(13-8)11(15)17-2/h3-4H,5H2,1-2H3. The van der Waals surface area contributed by atoms with Crippen LogP contribution in [0.4, 0.5) is 0 Å². The van der Waals surface area contributed by atoms with Crippen molar-refractivity contribution in [2.24, 2.45) is 0 Å². The van der Waals surface area contributed by atoms with Gasteiger partial charge in [-0.05, 0) is 11.6 Å². The molecule has 0 fully saturated rings. The summed E-state index contributed by atoms with van der Waals surface area (Å²) in [6, 6.07) is 4.78. The molecule has 1 rings (SSSR count). The third kappa shape index (κ3) is 2.78. The number of nitrogens with zero attached hydrogens (tertiary/aromatic N) is 2. The van der Waals surface area contributed by atoms with Crippen molar-refractivity contribution in [3.05, 3.63) is 29.1 Å². The van der Waals surface area contributed by atoms with Crippen LogP contribution in [-0.4, -0.2) is 31.1 Å². The Morgan fingerprint density at radius 1 is 1.29 bits per heavy atom. The summed E-state index contributed by atoms with van der Waals surface area (Å²) in [5, 5.41) is 8.60. The zero-order valence-electron chi connectivity index (χ0n) is 9.39. The van der Waals surface area contributed by atoms with Gasteiger partial charge in [-0.3, -0.25) is 0 Å². The molecular formula is C11H10N2O4. The van der Waals surface area contributed by atoms with Crippen LogP contribution in [0.25, 0.3) is 0 Å². The van der Waals surface area contributed by atoms with Gasteiger partial charge in [0, 0.05) is 0 Å². The Morgan fingerprint density at radius 3 is 2.47 bits per heavy atom. The van der Waals surface area contributed by atoms with Crippen molar-refractivity contribution in [1.82, 2.24) is 4.98 Å². The Morgan fingerprint density at radius 2 is 1.94 bits per heavy atom. The molecule has 0 aliphatic carbocycles. The second-order valence-electron chi connectivity index (χ2n) is 3.02. The topological polar surface area (TPSA) is 89.3 Å². The number of carbonyl (C=O) groups excluding carboxylic acids is 2. The summed E-state index contributed by atoms with van der Waals surface area (Å²) in [5.74, 6) is -1.35. The highest BCUT2D eigenvalue weighted by atomic mass is 16.5. The lowest BCUT2D eigenvalue weighted by Crippen LogP contribution is -2.13. The molecule has 0 N–H and O–H groups in total. The van der Waals surface area contributed by atoms with Crippen LogP contribution >= 0.6 is 0 Å². The fraction of sp³-hybridized carbons (Fsp3) is 0.273. The summed E-state index contributed by atoms with van der Waals surface area (Å²) in [5.41, 5.74) is 0.360. The van der Waals surface area contributed by atoms with E-state index in [1.54, 1.807) is 0 Å². The van der Waals surface area contributed by atoms with Crippen molar-refractivity contribution in [1.29, 1.82) is 5.26 Å². The molecule has 0 radical (unpaired) electrons. The van der Waals surface area contributed by atoms with Gasteiger partial charge in [-0.1, -0.05) is 6.07 Å². The maximum Gasteiger partial charge on any atom is 0.356 e. The van der Waals surface area contributed by atoms with Crippen LogP contribution in [-0.2, 0) is 15.9 Å². The molecule has 0 atom stereocenters. The maximum absolute atomic E-state index is 11.4. The van der Waals surface area contributed by atoms with Crippen molar-refractivity contribution < 1.29 is 19.1 Å². The third-order valence-corrected chi connectivity index (χ3v) is 2.02. The van der Waals surface area contributed by atoms with E-state index < -0.39 is 11.9 Å². The molecule has 0 aliphatic rings. The number of hydrogen-bond donors (Lipinski definition) is 0. The molecule has 0 saturated heterocycles. The highest BCUT2D eigenvalue weighted by Crippen LogP contribution is 2.10. The summed E-state index contributed by atoms with van der Waals surface area (Å²) in [6.07, 6.45) is 0.0128. The molecule has 0 aromatic carbocycles. The monoisotopic (exact) mass is 234 g/mol. The molecule has 1 aromatic heterocycles. The normalized spacial score (nSPS) is 9.24. The highest BCUT2D eigenvalue weighted by molar-refractivity contribution is 5.92. The van der Waals surface area contributed by atoms with E-state index in [9.17, 15) is 9.59 Å². The average molecular weight is 234 g/mol. The van der Waals surface area contributed by atoms with Gasteiger partial charge in [-0.2, -0.15) is 5.26 Å². The van der Waals surface area contributed by atoms with E-state index in [-0.39, 0.29) is 17.8 Å². The zero-order valence-corrected chi connectivity index (χ0v) is 9.39. The van der Waals surface area contributed by atoms with Gasteiger partial charge in [0.05, 0.1) is 26.7 Å². The Balaban J connectivity index is 3.24. The number of carbonyl (C=O) groups is 2. The Kier molecular flexibility index (Phi) is 4.17. The molecule has 1 aromatic rings. The predicted octanol–water partition coefficient (Wildman–Crippen LogP) is 0.721. The van der Waals surface area contributed by atoms with E-state index in [0.29, 0.717) is 5.56 Å². The molecule has 0 amide bonds.